The van der Waals surface area contributed by atoms with Crippen molar-refractivity contribution in [2.24, 2.45) is 7.05 Å². The van der Waals surface area contributed by atoms with Crippen LogP contribution in [-0.4, -0.2) is 23.4 Å². The number of rotatable bonds is 3. The zero-order chi connectivity index (χ0) is 12.5. The van der Waals surface area contributed by atoms with Gasteiger partial charge in [-0.1, -0.05) is 0 Å². The Morgan fingerprint density at radius 1 is 1.39 bits per heavy atom. The van der Waals surface area contributed by atoms with Crippen molar-refractivity contribution in [3.05, 3.63) is 35.5 Å². The highest BCUT2D eigenvalue weighted by molar-refractivity contribution is 5.63. The Bertz CT molecular complexity index is 574. The van der Waals surface area contributed by atoms with Gasteiger partial charge in [0.25, 0.3) is 0 Å². The van der Waals surface area contributed by atoms with Crippen LogP contribution in [-0.2, 0) is 20.0 Å². The maximum absolute atomic E-state index is 5.53. The minimum Gasteiger partial charge on any atom is -0.493 e. The summed E-state index contributed by atoms with van der Waals surface area (Å²) in [5.41, 5.74) is 4.71. The average Bonchev–Trinajstić information content (AvgIpc) is 2.95. The van der Waals surface area contributed by atoms with Crippen LogP contribution in [0.4, 0.5) is 0 Å². The van der Waals surface area contributed by atoms with Crippen LogP contribution in [0.3, 0.4) is 0 Å². The van der Waals surface area contributed by atoms with Gasteiger partial charge in [0, 0.05) is 25.6 Å². The number of aromatic nitrogens is 2. The second-order valence-electron chi connectivity index (χ2n) is 4.60. The van der Waals surface area contributed by atoms with Gasteiger partial charge in [0.2, 0.25) is 0 Å². The van der Waals surface area contributed by atoms with Gasteiger partial charge in [0.15, 0.2) is 0 Å². The molecule has 2 heterocycles. The molecule has 0 fully saturated rings. The summed E-state index contributed by atoms with van der Waals surface area (Å²) < 4.78 is 7.47. The van der Waals surface area contributed by atoms with Gasteiger partial charge in [0.05, 0.1) is 18.0 Å². The summed E-state index contributed by atoms with van der Waals surface area (Å²) >= 11 is 0. The molecule has 18 heavy (non-hydrogen) atoms. The maximum atomic E-state index is 5.53. The number of aryl methyl sites for hydroxylation is 1. The van der Waals surface area contributed by atoms with Gasteiger partial charge in [-0.3, -0.25) is 4.68 Å². The van der Waals surface area contributed by atoms with Crippen molar-refractivity contribution in [3.63, 3.8) is 0 Å². The van der Waals surface area contributed by atoms with Crippen molar-refractivity contribution >= 4 is 0 Å². The van der Waals surface area contributed by atoms with E-state index in [1.54, 1.807) is 0 Å². The largest absolute Gasteiger partial charge is 0.493 e. The molecule has 1 aromatic heterocycles. The van der Waals surface area contributed by atoms with Crippen LogP contribution >= 0.6 is 0 Å². The van der Waals surface area contributed by atoms with Gasteiger partial charge in [-0.05, 0) is 36.9 Å². The molecule has 0 unspecified atom stereocenters. The number of fused-ring (bicyclic) bond motifs is 1. The van der Waals surface area contributed by atoms with E-state index in [4.69, 9.17) is 4.74 Å². The lowest BCUT2D eigenvalue weighted by atomic mass is 10.1. The van der Waals surface area contributed by atoms with Crippen LogP contribution < -0.4 is 10.1 Å². The first-order chi connectivity index (χ1) is 8.78. The predicted octanol–water partition coefficient (Wildman–Crippen LogP) is 1.74. The fourth-order valence-electron chi connectivity index (χ4n) is 2.41. The lowest BCUT2D eigenvalue weighted by molar-refractivity contribution is 0.357. The number of ether oxygens (including phenoxy) is 1. The van der Waals surface area contributed by atoms with Gasteiger partial charge in [0.1, 0.15) is 5.75 Å². The Labute approximate surface area is 107 Å². The van der Waals surface area contributed by atoms with Gasteiger partial charge < -0.3 is 10.1 Å². The summed E-state index contributed by atoms with van der Waals surface area (Å²) in [5.74, 6) is 1.02. The minimum atomic E-state index is 0.794. The van der Waals surface area contributed by atoms with Crippen LogP contribution in [0.1, 0.15) is 11.3 Å². The molecule has 0 spiro atoms. The Morgan fingerprint density at radius 2 is 2.28 bits per heavy atom. The highest BCUT2D eigenvalue weighted by atomic mass is 16.5. The van der Waals surface area contributed by atoms with E-state index < -0.39 is 0 Å². The number of nitrogens with zero attached hydrogens (tertiary/aromatic N) is 2. The molecule has 0 bridgehead atoms. The third-order valence-electron chi connectivity index (χ3n) is 3.27. The number of nitrogens with one attached hydrogen (secondary N) is 1. The number of benzene rings is 1. The molecule has 4 heteroatoms. The van der Waals surface area contributed by atoms with E-state index in [0.717, 1.165) is 36.7 Å². The molecule has 2 aromatic rings. The van der Waals surface area contributed by atoms with E-state index in [-0.39, 0.29) is 0 Å². The first kappa shape index (κ1) is 11.3. The van der Waals surface area contributed by atoms with Gasteiger partial charge in [-0.25, -0.2) is 0 Å². The molecule has 1 aliphatic heterocycles. The van der Waals surface area contributed by atoms with Gasteiger partial charge in [-0.2, -0.15) is 5.10 Å². The minimum absolute atomic E-state index is 0.794. The summed E-state index contributed by atoms with van der Waals surface area (Å²) in [6, 6.07) is 8.50. The van der Waals surface area contributed by atoms with Crippen LogP contribution in [0, 0.1) is 0 Å². The Balaban J connectivity index is 1.99. The van der Waals surface area contributed by atoms with Crippen LogP contribution in [0.2, 0.25) is 0 Å². The first-order valence-corrected chi connectivity index (χ1v) is 6.21. The smallest absolute Gasteiger partial charge is 0.122 e. The summed E-state index contributed by atoms with van der Waals surface area (Å²) in [7, 11) is 3.92. The van der Waals surface area contributed by atoms with Crippen molar-refractivity contribution in [2.75, 3.05) is 13.7 Å². The molecular weight excluding hydrogens is 226 g/mol. The zero-order valence-corrected chi connectivity index (χ0v) is 10.7. The summed E-state index contributed by atoms with van der Waals surface area (Å²) in [6.45, 7) is 1.59. The molecule has 0 radical (unpaired) electrons. The quantitative estimate of drug-likeness (QED) is 0.892. The second kappa shape index (κ2) is 4.46. The highest BCUT2D eigenvalue weighted by Gasteiger charge is 2.14. The fourth-order valence-corrected chi connectivity index (χ4v) is 2.41. The third kappa shape index (κ3) is 1.88. The molecule has 0 amide bonds. The number of hydrogen-bond donors (Lipinski definition) is 1. The molecule has 4 nitrogen and oxygen atoms in total. The molecular formula is C14H17N3O. The van der Waals surface area contributed by atoms with E-state index in [1.165, 1.54) is 11.1 Å². The van der Waals surface area contributed by atoms with E-state index in [1.807, 2.05) is 18.8 Å². The molecule has 0 saturated carbocycles. The molecule has 0 atom stereocenters. The van der Waals surface area contributed by atoms with Crippen LogP contribution in [0.15, 0.2) is 24.3 Å². The summed E-state index contributed by atoms with van der Waals surface area (Å²) in [5, 5.41) is 7.62. The lowest BCUT2D eigenvalue weighted by Gasteiger charge is -2.04. The third-order valence-corrected chi connectivity index (χ3v) is 3.27. The fraction of sp³-hybridized carbons (Fsp3) is 0.357. The molecule has 1 N–H and O–H groups in total. The van der Waals surface area contributed by atoms with Crippen LogP contribution in [0.5, 0.6) is 5.75 Å². The lowest BCUT2D eigenvalue weighted by Crippen LogP contribution is -2.05. The first-order valence-electron chi connectivity index (χ1n) is 6.21. The molecule has 94 valence electrons. The second-order valence-corrected chi connectivity index (χ2v) is 4.60. The maximum Gasteiger partial charge on any atom is 0.122 e. The van der Waals surface area contributed by atoms with E-state index in [2.05, 4.69) is 34.7 Å². The standard InChI is InChI=1S/C14H17N3O/c1-15-9-12-8-13(17(2)16-12)10-3-4-14-11(7-10)5-6-18-14/h3-4,7-8,15H,5-6,9H2,1-2H3. The normalized spacial score (nSPS) is 13.4. The Morgan fingerprint density at radius 3 is 3.11 bits per heavy atom. The van der Waals surface area contributed by atoms with Crippen molar-refractivity contribution in [2.45, 2.75) is 13.0 Å². The Kier molecular flexibility index (Phi) is 2.80. The summed E-state index contributed by atoms with van der Waals surface area (Å²) in [6.07, 6.45) is 1.00. The van der Waals surface area contributed by atoms with Gasteiger partial charge in [-0.15, -0.1) is 0 Å². The summed E-state index contributed by atoms with van der Waals surface area (Å²) in [4.78, 5) is 0. The van der Waals surface area contributed by atoms with Crippen molar-refractivity contribution in [3.8, 4) is 17.0 Å². The molecule has 0 saturated heterocycles. The monoisotopic (exact) mass is 243 g/mol. The van der Waals surface area contributed by atoms with Crippen molar-refractivity contribution in [1.29, 1.82) is 0 Å². The predicted molar refractivity (Wildman–Crippen MR) is 70.6 cm³/mol. The topological polar surface area (TPSA) is 39.1 Å². The molecule has 3 rings (SSSR count). The van der Waals surface area contributed by atoms with Crippen LogP contribution in [0.25, 0.3) is 11.3 Å². The van der Waals surface area contributed by atoms with Gasteiger partial charge >= 0.3 is 0 Å². The molecule has 1 aromatic carbocycles. The van der Waals surface area contributed by atoms with Crippen molar-refractivity contribution in [1.82, 2.24) is 15.1 Å². The average molecular weight is 243 g/mol. The SMILES string of the molecule is CNCc1cc(-c2ccc3c(c2)CCO3)n(C)n1. The van der Waals surface area contributed by atoms with E-state index >= 15 is 0 Å². The van der Waals surface area contributed by atoms with Crippen molar-refractivity contribution < 1.29 is 4.74 Å². The van der Waals surface area contributed by atoms with E-state index in [0.29, 0.717) is 0 Å². The zero-order valence-electron chi connectivity index (χ0n) is 10.7. The van der Waals surface area contributed by atoms with E-state index in [9.17, 15) is 0 Å². The molecule has 0 aliphatic carbocycles. The Hall–Kier alpha value is -1.81. The highest BCUT2D eigenvalue weighted by Crippen LogP contribution is 2.30. The molecule has 1 aliphatic rings. The number of hydrogen-bond acceptors (Lipinski definition) is 3.